The lowest BCUT2D eigenvalue weighted by Crippen LogP contribution is -2.50. The monoisotopic (exact) mass is 382 g/mol. The van der Waals surface area contributed by atoms with E-state index in [9.17, 15) is 4.79 Å². The molecule has 0 unspecified atom stereocenters. The zero-order chi connectivity index (χ0) is 19.7. The molecule has 0 aliphatic carbocycles. The second-order valence-corrected chi connectivity index (χ2v) is 8.63. The van der Waals surface area contributed by atoms with Crippen molar-refractivity contribution in [1.29, 1.82) is 0 Å². The van der Waals surface area contributed by atoms with Crippen molar-refractivity contribution in [3.05, 3.63) is 35.5 Å². The zero-order valence-corrected chi connectivity index (χ0v) is 17.6. The van der Waals surface area contributed by atoms with Crippen LogP contribution in [0.1, 0.15) is 55.5 Å². The van der Waals surface area contributed by atoms with Crippen molar-refractivity contribution >= 4 is 16.8 Å². The molecule has 1 N–H and O–H groups in total. The smallest absolute Gasteiger partial charge is 0.254 e. The highest BCUT2D eigenvalue weighted by Crippen LogP contribution is 2.33. The Balaban J connectivity index is 1.46. The number of benzene rings is 1. The van der Waals surface area contributed by atoms with Crippen LogP contribution >= 0.6 is 0 Å². The molecule has 4 rings (SSSR count). The molecular weight excluding hydrogens is 348 g/mol. The fourth-order valence-corrected chi connectivity index (χ4v) is 4.80. The highest BCUT2D eigenvalue weighted by atomic mass is 16.2. The first kappa shape index (κ1) is 19.5. The van der Waals surface area contributed by atoms with Crippen LogP contribution in [-0.2, 0) is 0 Å². The summed E-state index contributed by atoms with van der Waals surface area (Å²) in [5, 5.41) is 1.29. The van der Waals surface area contributed by atoms with E-state index in [1.807, 2.05) is 11.0 Å². The summed E-state index contributed by atoms with van der Waals surface area (Å²) in [5.41, 5.74) is 3.33. The van der Waals surface area contributed by atoms with E-state index < -0.39 is 0 Å². The number of carbonyl (C=O) groups excluding carboxylic acids is 1. The predicted octanol–water partition coefficient (Wildman–Crippen LogP) is 3.53. The molecule has 28 heavy (non-hydrogen) atoms. The number of likely N-dealkylation sites (tertiary alicyclic amines) is 1. The standard InChI is InChI=1S/C23H34N4O/c1-4-25-9-7-18(8-10-25)21-16-24-22-15-19(5-6-20(21)22)23(28)27-13-11-26(12-14-27)17(2)3/h5-6,15-18,24H,4,7-14H2,1-3H3. The van der Waals surface area contributed by atoms with Gasteiger partial charge in [0, 0.05) is 54.9 Å². The number of piperazine rings is 1. The molecule has 2 aliphatic rings. The molecule has 3 heterocycles. The Morgan fingerprint density at radius 3 is 2.46 bits per heavy atom. The van der Waals surface area contributed by atoms with Crippen LogP contribution < -0.4 is 0 Å². The first-order chi connectivity index (χ1) is 13.6. The van der Waals surface area contributed by atoms with Gasteiger partial charge in [0.15, 0.2) is 0 Å². The summed E-state index contributed by atoms with van der Waals surface area (Å²) >= 11 is 0. The van der Waals surface area contributed by atoms with Crippen molar-refractivity contribution in [2.75, 3.05) is 45.8 Å². The average molecular weight is 383 g/mol. The third-order valence-electron chi connectivity index (χ3n) is 6.77. The van der Waals surface area contributed by atoms with Gasteiger partial charge in [0.1, 0.15) is 0 Å². The molecule has 0 saturated carbocycles. The van der Waals surface area contributed by atoms with Crippen LogP contribution in [0.15, 0.2) is 24.4 Å². The van der Waals surface area contributed by atoms with Gasteiger partial charge in [-0.2, -0.15) is 0 Å². The lowest BCUT2D eigenvalue weighted by atomic mass is 9.89. The number of rotatable bonds is 4. The number of carbonyl (C=O) groups is 1. The van der Waals surface area contributed by atoms with E-state index in [0.29, 0.717) is 12.0 Å². The van der Waals surface area contributed by atoms with E-state index in [2.05, 4.69) is 53.9 Å². The van der Waals surface area contributed by atoms with Gasteiger partial charge >= 0.3 is 0 Å². The number of aromatic amines is 1. The number of nitrogens with zero attached hydrogens (tertiary/aromatic N) is 3. The van der Waals surface area contributed by atoms with E-state index in [1.54, 1.807) is 0 Å². The Bertz CT molecular complexity index is 811. The van der Waals surface area contributed by atoms with Crippen LogP contribution in [0.4, 0.5) is 0 Å². The topological polar surface area (TPSA) is 42.6 Å². The molecule has 0 spiro atoms. The second-order valence-electron chi connectivity index (χ2n) is 8.63. The number of H-pyrrole nitrogens is 1. The summed E-state index contributed by atoms with van der Waals surface area (Å²) in [4.78, 5) is 23.4. The molecule has 5 nitrogen and oxygen atoms in total. The highest BCUT2D eigenvalue weighted by Gasteiger charge is 2.25. The molecule has 2 fully saturated rings. The largest absolute Gasteiger partial charge is 0.361 e. The van der Waals surface area contributed by atoms with Crippen LogP contribution in [0.25, 0.3) is 10.9 Å². The number of nitrogens with one attached hydrogen (secondary N) is 1. The van der Waals surface area contributed by atoms with Gasteiger partial charge < -0.3 is 14.8 Å². The van der Waals surface area contributed by atoms with Crippen LogP contribution in [0.2, 0.25) is 0 Å². The molecule has 2 aromatic rings. The molecule has 1 aromatic carbocycles. The molecule has 1 aromatic heterocycles. The van der Waals surface area contributed by atoms with Crippen LogP contribution in [0.3, 0.4) is 0 Å². The average Bonchev–Trinajstić information content (AvgIpc) is 3.16. The Labute approximate surface area is 168 Å². The van der Waals surface area contributed by atoms with E-state index in [-0.39, 0.29) is 5.91 Å². The van der Waals surface area contributed by atoms with Gasteiger partial charge in [-0.1, -0.05) is 13.0 Å². The number of amides is 1. The minimum Gasteiger partial charge on any atom is -0.361 e. The Morgan fingerprint density at radius 1 is 1.11 bits per heavy atom. The van der Waals surface area contributed by atoms with Crippen molar-refractivity contribution in [3.63, 3.8) is 0 Å². The first-order valence-electron chi connectivity index (χ1n) is 10.9. The molecule has 0 radical (unpaired) electrons. The Morgan fingerprint density at radius 2 is 1.82 bits per heavy atom. The molecule has 0 atom stereocenters. The van der Waals surface area contributed by atoms with Crippen LogP contribution in [0.5, 0.6) is 0 Å². The molecule has 2 saturated heterocycles. The molecule has 152 valence electrons. The lowest BCUT2D eigenvalue weighted by Gasteiger charge is -2.37. The van der Waals surface area contributed by atoms with Gasteiger partial charge in [-0.05, 0) is 69.9 Å². The summed E-state index contributed by atoms with van der Waals surface area (Å²) in [6.07, 6.45) is 4.62. The zero-order valence-electron chi connectivity index (χ0n) is 17.6. The minimum absolute atomic E-state index is 0.165. The molecular formula is C23H34N4O. The van der Waals surface area contributed by atoms with Gasteiger partial charge in [-0.3, -0.25) is 9.69 Å². The van der Waals surface area contributed by atoms with Gasteiger partial charge in [-0.15, -0.1) is 0 Å². The van der Waals surface area contributed by atoms with Gasteiger partial charge in [0.2, 0.25) is 0 Å². The maximum Gasteiger partial charge on any atom is 0.254 e. The molecule has 5 heteroatoms. The number of piperidine rings is 1. The Kier molecular flexibility index (Phi) is 5.74. The number of fused-ring (bicyclic) bond motifs is 1. The third-order valence-corrected chi connectivity index (χ3v) is 6.77. The van der Waals surface area contributed by atoms with Crippen molar-refractivity contribution in [2.45, 2.75) is 45.6 Å². The predicted molar refractivity (Wildman–Crippen MR) is 115 cm³/mol. The third kappa shape index (κ3) is 3.83. The summed E-state index contributed by atoms with van der Waals surface area (Å²) in [5.74, 6) is 0.792. The van der Waals surface area contributed by atoms with Crippen molar-refractivity contribution in [2.24, 2.45) is 0 Å². The van der Waals surface area contributed by atoms with E-state index in [1.165, 1.54) is 36.9 Å². The number of aromatic nitrogens is 1. The van der Waals surface area contributed by atoms with Crippen LogP contribution in [-0.4, -0.2) is 77.4 Å². The van der Waals surface area contributed by atoms with E-state index in [4.69, 9.17) is 0 Å². The van der Waals surface area contributed by atoms with Crippen molar-refractivity contribution < 1.29 is 4.79 Å². The first-order valence-corrected chi connectivity index (χ1v) is 10.9. The second kappa shape index (κ2) is 8.26. The minimum atomic E-state index is 0.165. The fraction of sp³-hybridized carbons (Fsp3) is 0.609. The number of hydrogen-bond donors (Lipinski definition) is 1. The van der Waals surface area contributed by atoms with E-state index in [0.717, 1.165) is 43.8 Å². The quantitative estimate of drug-likeness (QED) is 0.880. The summed E-state index contributed by atoms with van der Waals surface area (Å²) in [7, 11) is 0. The van der Waals surface area contributed by atoms with Gasteiger partial charge in [-0.25, -0.2) is 0 Å². The summed E-state index contributed by atoms with van der Waals surface area (Å²) in [6, 6.07) is 6.79. The summed E-state index contributed by atoms with van der Waals surface area (Å²) in [6.45, 7) is 13.8. The molecule has 2 aliphatic heterocycles. The fourth-order valence-electron chi connectivity index (χ4n) is 4.80. The number of hydrogen-bond acceptors (Lipinski definition) is 3. The van der Waals surface area contributed by atoms with Crippen molar-refractivity contribution in [1.82, 2.24) is 19.7 Å². The van der Waals surface area contributed by atoms with E-state index >= 15 is 0 Å². The Hall–Kier alpha value is -1.85. The van der Waals surface area contributed by atoms with Crippen LogP contribution in [0, 0.1) is 0 Å². The lowest BCUT2D eigenvalue weighted by molar-refractivity contribution is 0.0595. The van der Waals surface area contributed by atoms with Gasteiger partial charge in [0.25, 0.3) is 5.91 Å². The molecule has 1 amide bonds. The van der Waals surface area contributed by atoms with Gasteiger partial charge in [0.05, 0.1) is 0 Å². The highest BCUT2D eigenvalue weighted by molar-refractivity contribution is 5.98. The maximum absolute atomic E-state index is 13.0. The SMILES string of the molecule is CCN1CCC(c2c[nH]c3cc(C(=O)N4CCN(C(C)C)CC4)ccc23)CC1. The normalized spacial score (nSPS) is 20.4. The summed E-state index contributed by atoms with van der Waals surface area (Å²) < 4.78 is 0. The molecule has 0 bridgehead atoms. The van der Waals surface area contributed by atoms with Crippen molar-refractivity contribution in [3.8, 4) is 0 Å². The maximum atomic E-state index is 13.0.